The van der Waals surface area contributed by atoms with Crippen molar-refractivity contribution in [2.75, 3.05) is 32.9 Å². The zero-order valence-electron chi connectivity index (χ0n) is 22.9. The molecule has 4 rings (SSSR count). The minimum atomic E-state index is -0.886. The van der Waals surface area contributed by atoms with E-state index in [-0.39, 0.29) is 25.8 Å². The van der Waals surface area contributed by atoms with Gasteiger partial charge in [-0.05, 0) is 50.1 Å². The van der Waals surface area contributed by atoms with Crippen LogP contribution in [0.5, 0.6) is 11.5 Å². The van der Waals surface area contributed by atoms with E-state index in [1.54, 1.807) is 13.2 Å². The minimum Gasteiger partial charge on any atom is -0.491 e. The first-order valence-corrected chi connectivity index (χ1v) is 13.5. The molecule has 8 heteroatoms. The molecule has 40 heavy (non-hydrogen) atoms. The normalized spacial score (nSPS) is 13.6. The number of para-hydroxylation sites is 1. The molecule has 0 spiro atoms. The number of fused-ring (bicyclic) bond motifs is 1. The maximum atomic E-state index is 11.6. The summed E-state index contributed by atoms with van der Waals surface area (Å²) in [6.45, 7) is 4.67. The van der Waals surface area contributed by atoms with Gasteiger partial charge < -0.3 is 28.8 Å². The van der Waals surface area contributed by atoms with Crippen molar-refractivity contribution >= 4 is 16.7 Å². The Labute approximate surface area is 234 Å². The third-order valence-electron chi connectivity index (χ3n) is 6.62. The van der Waals surface area contributed by atoms with Gasteiger partial charge in [-0.15, -0.1) is 0 Å². The van der Waals surface area contributed by atoms with E-state index in [4.69, 9.17) is 18.6 Å². The highest BCUT2D eigenvalue weighted by atomic mass is 16.6. The molecule has 0 saturated heterocycles. The van der Waals surface area contributed by atoms with Crippen LogP contribution in [0.15, 0.2) is 89.5 Å². The number of carbonyl (C=O) groups is 1. The summed E-state index contributed by atoms with van der Waals surface area (Å²) >= 11 is 0. The van der Waals surface area contributed by atoms with Gasteiger partial charge in [0, 0.05) is 29.9 Å². The monoisotopic (exact) mass is 547 g/mol. The van der Waals surface area contributed by atoms with Gasteiger partial charge in [0.1, 0.15) is 36.1 Å². The second kappa shape index (κ2) is 14.5. The van der Waals surface area contributed by atoms with Crippen LogP contribution in [0.4, 0.5) is 0 Å². The molecule has 0 saturated carbocycles. The van der Waals surface area contributed by atoms with E-state index in [0.29, 0.717) is 36.8 Å². The van der Waals surface area contributed by atoms with E-state index in [2.05, 4.69) is 6.92 Å². The van der Waals surface area contributed by atoms with Crippen molar-refractivity contribution in [2.24, 2.45) is 0 Å². The molecule has 0 bridgehead atoms. The number of ether oxygens (including phenoxy) is 3. The number of hydrogen-bond acceptors (Lipinski definition) is 8. The lowest BCUT2D eigenvalue weighted by molar-refractivity contribution is -0.145. The summed E-state index contributed by atoms with van der Waals surface area (Å²) in [5, 5.41) is 23.9. The molecule has 8 nitrogen and oxygen atoms in total. The first-order chi connectivity index (χ1) is 19.4. The van der Waals surface area contributed by atoms with Crippen LogP contribution in [0, 0.1) is 0 Å². The number of aliphatic hydroxyl groups is 2. The topological polar surface area (TPSA) is 102 Å². The summed E-state index contributed by atoms with van der Waals surface area (Å²) in [6.07, 6.45) is 0.649. The SMILES string of the molecule is CCOC(=O)COc1ccc(CC(C)N(CC(O)COc2ccccc2)CC(O)c2occ3ccccc23)cc1. The molecule has 2 N–H and O–H groups in total. The molecule has 3 unspecified atom stereocenters. The van der Waals surface area contributed by atoms with Crippen LogP contribution in [0.3, 0.4) is 0 Å². The maximum Gasteiger partial charge on any atom is 0.344 e. The van der Waals surface area contributed by atoms with Crippen molar-refractivity contribution in [2.45, 2.75) is 38.5 Å². The van der Waals surface area contributed by atoms with Crippen LogP contribution >= 0.6 is 0 Å². The van der Waals surface area contributed by atoms with Gasteiger partial charge in [0.15, 0.2) is 6.61 Å². The number of carbonyl (C=O) groups excluding carboxylic acids is 1. The maximum absolute atomic E-state index is 11.6. The van der Waals surface area contributed by atoms with Gasteiger partial charge in [-0.25, -0.2) is 4.79 Å². The molecule has 4 aromatic rings. The average Bonchev–Trinajstić information content (AvgIpc) is 3.40. The van der Waals surface area contributed by atoms with Gasteiger partial charge in [-0.2, -0.15) is 0 Å². The second-order valence-electron chi connectivity index (χ2n) is 9.73. The van der Waals surface area contributed by atoms with Crippen molar-refractivity contribution in [1.29, 1.82) is 0 Å². The Morgan fingerprint density at radius 1 is 0.900 bits per heavy atom. The molecular weight excluding hydrogens is 510 g/mol. The van der Waals surface area contributed by atoms with Crippen molar-refractivity contribution in [3.05, 3.63) is 96.4 Å². The highest BCUT2D eigenvalue weighted by Gasteiger charge is 2.25. The lowest BCUT2D eigenvalue weighted by Crippen LogP contribution is -2.44. The molecule has 0 fully saturated rings. The van der Waals surface area contributed by atoms with Gasteiger partial charge in [0.25, 0.3) is 0 Å². The Balaban J connectivity index is 1.42. The fourth-order valence-electron chi connectivity index (χ4n) is 4.58. The lowest BCUT2D eigenvalue weighted by Gasteiger charge is -2.32. The molecule has 0 aliphatic heterocycles. The van der Waals surface area contributed by atoms with Crippen molar-refractivity contribution in [3.8, 4) is 11.5 Å². The number of rotatable bonds is 15. The molecule has 0 radical (unpaired) electrons. The number of esters is 1. The summed E-state index contributed by atoms with van der Waals surface area (Å²) in [5.74, 6) is 1.36. The molecule has 3 atom stereocenters. The van der Waals surface area contributed by atoms with Crippen LogP contribution in [0.25, 0.3) is 10.8 Å². The van der Waals surface area contributed by atoms with Crippen molar-refractivity contribution in [3.63, 3.8) is 0 Å². The van der Waals surface area contributed by atoms with Crippen LogP contribution in [0.1, 0.15) is 31.3 Å². The van der Waals surface area contributed by atoms with Gasteiger partial charge in [0.2, 0.25) is 0 Å². The van der Waals surface area contributed by atoms with E-state index in [0.717, 1.165) is 16.3 Å². The Kier molecular flexibility index (Phi) is 10.6. The second-order valence-corrected chi connectivity index (χ2v) is 9.73. The Morgan fingerprint density at radius 3 is 2.35 bits per heavy atom. The van der Waals surface area contributed by atoms with E-state index < -0.39 is 18.2 Å². The number of benzene rings is 3. The zero-order valence-corrected chi connectivity index (χ0v) is 22.9. The van der Waals surface area contributed by atoms with Crippen LogP contribution in [-0.4, -0.2) is 66.1 Å². The van der Waals surface area contributed by atoms with Gasteiger partial charge in [-0.1, -0.05) is 54.6 Å². The fraction of sp³-hybridized carbons (Fsp3) is 0.344. The summed E-state index contributed by atoms with van der Waals surface area (Å²) < 4.78 is 21.9. The van der Waals surface area contributed by atoms with Crippen LogP contribution in [-0.2, 0) is 16.0 Å². The smallest absolute Gasteiger partial charge is 0.344 e. The largest absolute Gasteiger partial charge is 0.491 e. The molecule has 3 aromatic carbocycles. The number of hydrogen-bond donors (Lipinski definition) is 2. The summed E-state index contributed by atoms with van der Waals surface area (Å²) in [5.41, 5.74) is 1.05. The van der Waals surface area contributed by atoms with Gasteiger partial charge in [-0.3, -0.25) is 4.90 Å². The van der Waals surface area contributed by atoms with Crippen molar-refractivity contribution < 1.29 is 33.6 Å². The standard InChI is InChI=1S/C32H37NO7/c1-3-37-31(36)22-39-28-15-13-24(14-16-28)17-23(2)33(18-26(34)21-38-27-10-5-4-6-11-27)19-30(35)32-29-12-8-7-9-25(29)20-40-32/h4-16,20,23,26,30,34-35H,3,17-19,21-22H2,1-2H3. The zero-order chi connectivity index (χ0) is 28.3. The third kappa shape index (κ3) is 8.32. The van der Waals surface area contributed by atoms with E-state index in [9.17, 15) is 15.0 Å². The predicted molar refractivity (Wildman–Crippen MR) is 152 cm³/mol. The fourth-order valence-corrected chi connectivity index (χ4v) is 4.58. The third-order valence-corrected chi connectivity index (χ3v) is 6.62. The summed E-state index contributed by atoms with van der Waals surface area (Å²) in [6, 6.07) is 24.6. The Morgan fingerprint density at radius 2 is 1.60 bits per heavy atom. The highest BCUT2D eigenvalue weighted by molar-refractivity contribution is 5.84. The van der Waals surface area contributed by atoms with Gasteiger partial charge >= 0.3 is 5.97 Å². The highest BCUT2D eigenvalue weighted by Crippen LogP contribution is 2.28. The first-order valence-electron chi connectivity index (χ1n) is 13.5. The molecule has 1 aromatic heterocycles. The number of furan rings is 1. The molecule has 1 heterocycles. The summed E-state index contributed by atoms with van der Waals surface area (Å²) in [7, 11) is 0. The van der Waals surface area contributed by atoms with Crippen LogP contribution < -0.4 is 9.47 Å². The molecule has 0 amide bonds. The predicted octanol–water partition coefficient (Wildman–Crippen LogP) is 4.78. The Hall–Kier alpha value is -3.85. The quantitative estimate of drug-likeness (QED) is 0.205. The average molecular weight is 548 g/mol. The van der Waals surface area contributed by atoms with Crippen LogP contribution in [0.2, 0.25) is 0 Å². The van der Waals surface area contributed by atoms with Gasteiger partial charge in [0.05, 0.1) is 12.9 Å². The molecule has 212 valence electrons. The first kappa shape index (κ1) is 29.1. The lowest BCUT2D eigenvalue weighted by atomic mass is 10.0. The van der Waals surface area contributed by atoms with E-state index in [1.807, 2.05) is 83.8 Å². The van der Waals surface area contributed by atoms with Crippen molar-refractivity contribution in [1.82, 2.24) is 4.90 Å². The van der Waals surface area contributed by atoms with E-state index >= 15 is 0 Å². The number of aliphatic hydroxyl groups excluding tert-OH is 2. The van der Waals surface area contributed by atoms with E-state index in [1.165, 1.54) is 0 Å². The number of nitrogens with zero attached hydrogens (tertiary/aromatic N) is 1. The Bertz CT molecular complexity index is 1320. The minimum absolute atomic E-state index is 0.0337. The molecular formula is C32H37NO7. The molecule has 0 aliphatic rings. The summed E-state index contributed by atoms with van der Waals surface area (Å²) in [4.78, 5) is 13.6. The molecule has 0 aliphatic carbocycles.